The fourth-order valence-electron chi connectivity index (χ4n) is 1.42. The van der Waals surface area contributed by atoms with Gasteiger partial charge in [-0.3, -0.25) is 0 Å². The van der Waals surface area contributed by atoms with Gasteiger partial charge in [-0.25, -0.2) is 4.98 Å². The Morgan fingerprint density at radius 2 is 2.14 bits per heavy atom. The summed E-state index contributed by atoms with van der Waals surface area (Å²) < 4.78 is 1.99. The lowest BCUT2D eigenvalue weighted by atomic mass is 10.2. The number of imidazole rings is 1. The van der Waals surface area contributed by atoms with Crippen LogP contribution in [-0.2, 0) is 5.88 Å². The Hall–Kier alpha value is -1.28. The lowest BCUT2D eigenvalue weighted by Gasteiger charge is -2.04. The van der Waals surface area contributed by atoms with Crippen molar-refractivity contribution in [3.05, 3.63) is 48.0 Å². The molecule has 1 heterocycles. The highest BCUT2D eigenvalue weighted by Gasteiger charge is 2.01. The third-order valence-corrected chi connectivity index (χ3v) is 2.44. The van der Waals surface area contributed by atoms with Crippen molar-refractivity contribution >= 4 is 11.6 Å². The van der Waals surface area contributed by atoms with E-state index in [1.165, 1.54) is 5.56 Å². The number of nitrogens with zero attached hydrogens (tertiary/aromatic N) is 2. The molecule has 2 rings (SSSR count). The van der Waals surface area contributed by atoms with E-state index in [-0.39, 0.29) is 0 Å². The van der Waals surface area contributed by atoms with E-state index in [1.807, 2.05) is 22.9 Å². The van der Waals surface area contributed by atoms with Crippen LogP contribution in [0.5, 0.6) is 0 Å². The molecule has 0 bridgehead atoms. The Morgan fingerprint density at radius 3 is 2.79 bits per heavy atom. The van der Waals surface area contributed by atoms with Crippen molar-refractivity contribution < 1.29 is 0 Å². The summed E-state index contributed by atoms with van der Waals surface area (Å²) in [5, 5.41) is 0. The molecule has 0 aliphatic heterocycles. The Balaban J connectivity index is 2.44. The molecule has 2 aromatic rings. The second-order valence-corrected chi connectivity index (χ2v) is 3.46. The van der Waals surface area contributed by atoms with E-state index in [0.29, 0.717) is 5.88 Å². The maximum absolute atomic E-state index is 5.69. The summed E-state index contributed by atoms with van der Waals surface area (Å²) >= 11 is 5.69. The summed E-state index contributed by atoms with van der Waals surface area (Å²) in [6.45, 7) is 2.08. The van der Waals surface area contributed by atoms with Crippen molar-refractivity contribution in [1.29, 1.82) is 0 Å². The van der Waals surface area contributed by atoms with Gasteiger partial charge in [-0.2, -0.15) is 0 Å². The maximum Gasteiger partial charge on any atom is 0.0995 e. The van der Waals surface area contributed by atoms with Crippen LogP contribution in [0.25, 0.3) is 5.69 Å². The van der Waals surface area contributed by atoms with E-state index in [1.54, 1.807) is 6.33 Å². The number of rotatable bonds is 2. The van der Waals surface area contributed by atoms with Crippen molar-refractivity contribution in [1.82, 2.24) is 9.55 Å². The van der Waals surface area contributed by atoms with E-state index in [0.717, 1.165) is 11.4 Å². The third kappa shape index (κ3) is 1.66. The number of benzene rings is 1. The van der Waals surface area contributed by atoms with Crippen molar-refractivity contribution in [3.8, 4) is 5.69 Å². The molecule has 3 heteroatoms. The van der Waals surface area contributed by atoms with Gasteiger partial charge in [-0.05, 0) is 18.6 Å². The highest BCUT2D eigenvalue weighted by Crippen LogP contribution is 2.13. The van der Waals surface area contributed by atoms with Gasteiger partial charge in [0, 0.05) is 11.9 Å². The van der Waals surface area contributed by atoms with Crippen LogP contribution in [0.4, 0.5) is 0 Å². The summed E-state index contributed by atoms with van der Waals surface area (Å²) in [4.78, 5) is 4.18. The van der Waals surface area contributed by atoms with Gasteiger partial charge < -0.3 is 4.57 Å². The van der Waals surface area contributed by atoms with Crippen LogP contribution >= 0.6 is 11.6 Å². The molecule has 14 heavy (non-hydrogen) atoms. The van der Waals surface area contributed by atoms with E-state index < -0.39 is 0 Å². The van der Waals surface area contributed by atoms with Crippen LogP contribution in [-0.4, -0.2) is 9.55 Å². The van der Waals surface area contributed by atoms with E-state index in [4.69, 9.17) is 11.6 Å². The van der Waals surface area contributed by atoms with E-state index >= 15 is 0 Å². The molecule has 0 N–H and O–H groups in total. The number of halogens is 1. The number of aryl methyl sites for hydroxylation is 1. The maximum atomic E-state index is 5.69. The zero-order valence-corrected chi connectivity index (χ0v) is 8.70. The molecule has 2 nitrogen and oxygen atoms in total. The SMILES string of the molecule is Cc1ccccc1-n1cnc(CCl)c1. The van der Waals surface area contributed by atoms with Gasteiger partial charge in [0.1, 0.15) is 0 Å². The molecule has 0 unspecified atom stereocenters. The predicted octanol–water partition coefficient (Wildman–Crippen LogP) is 2.92. The minimum atomic E-state index is 0.457. The molecular weight excluding hydrogens is 196 g/mol. The normalized spacial score (nSPS) is 10.4. The lowest BCUT2D eigenvalue weighted by Crippen LogP contribution is -1.92. The zero-order chi connectivity index (χ0) is 9.97. The molecule has 0 saturated carbocycles. The van der Waals surface area contributed by atoms with Gasteiger partial charge in [0.25, 0.3) is 0 Å². The molecule has 0 atom stereocenters. The van der Waals surface area contributed by atoms with Crippen LogP contribution in [0.2, 0.25) is 0 Å². The van der Waals surface area contributed by atoms with E-state index in [9.17, 15) is 0 Å². The van der Waals surface area contributed by atoms with Gasteiger partial charge in [-0.15, -0.1) is 11.6 Å². The van der Waals surface area contributed by atoms with Crippen LogP contribution in [0.15, 0.2) is 36.8 Å². The first kappa shape index (κ1) is 9.28. The molecule has 72 valence electrons. The Morgan fingerprint density at radius 1 is 1.36 bits per heavy atom. The smallest absolute Gasteiger partial charge is 0.0995 e. The summed E-state index contributed by atoms with van der Waals surface area (Å²) in [5.41, 5.74) is 3.28. The first-order valence-electron chi connectivity index (χ1n) is 4.46. The summed E-state index contributed by atoms with van der Waals surface area (Å²) in [5.74, 6) is 0.457. The second-order valence-electron chi connectivity index (χ2n) is 3.19. The van der Waals surface area contributed by atoms with Crippen LogP contribution in [0.1, 0.15) is 11.3 Å². The third-order valence-electron chi connectivity index (χ3n) is 2.17. The lowest BCUT2D eigenvalue weighted by molar-refractivity contribution is 1.04. The first-order valence-corrected chi connectivity index (χ1v) is 4.99. The van der Waals surface area contributed by atoms with Crippen LogP contribution in [0, 0.1) is 6.92 Å². The van der Waals surface area contributed by atoms with Crippen molar-refractivity contribution in [2.75, 3.05) is 0 Å². The van der Waals surface area contributed by atoms with Gasteiger partial charge >= 0.3 is 0 Å². The minimum absolute atomic E-state index is 0.457. The fraction of sp³-hybridized carbons (Fsp3) is 0.182. The van der Waals surface area contributed by atoms with Crippen molar-refractivity contribution in [3.63, 3.8) is 0 Å². The number of alkyl halides is 1. The molecule has 0 fully saturated rings. The molecule has 0 amide bonds. The molecule has 0 saturated heterocycles. The standard InChI is InChI=1S/C11H11ClN2/c1-9-4-2-3-5-11(9)14-7-10(6-12)13-8-14/h2-5,7-8H,6H2,1H3. The van der Waals surface area contributed by atoms with Gasteiger partial charge in [-0.1, -0.05) is 18.2 Å². The van der Waals surface area contributed by atoms with Crippen molar-refractivity contribution in [2.24, 2.45) is 0 Å². The monoisotopic (exact) mass is 206 g/mol. The molecular formula is C11H11ClN2. The molecule has 1 aromatic heterocycles. The highest BCUT2D eigenvalue weighted by molar-refractivity contribution is 6.16. The summed E-state index contributed by atoms with van der Waals surface area (Å²) in [7, 11) is 0. The molecule has 0 spiro atoms. The number of aromatic nitrogens is 2. The Kier molecular flexibility index (Phi) is 2.55. The Labute approximate surface area is 88.2 Å². The van der Waals surface area contributed by atoms with Gasteiger partial charge in [0.15, 0.2) is 0 Å². The topological polar surface area (TPSA) is 17.8 Å². The summed E-state index contributed by atoms with van der Waals surface area (Å²) in [6.07, 6.45) is 3.75. The Bertz CT molecular complexity index is 434. The van der Waals surface area contributed by atoms with Gasteiger partial charge in [0.2, 0.25) is 0 Å². The second kappa shape index (κ2) is 3.84. The minimum Gasteiger partial charge on any atom is -0.306 e. The molecule has 0 aliphatic carbocycles. The highest BCUT2D eigenvalue weighted by atomic mass is 35.5. The molecule has 0 aliphatic rings. The number of para-hydroxylation sites is 1. The largest absolute Gasteiger partial charge is 0.306 e. The molecule has 0 radical (unpaired) electrons. The molecule has 1 aromatic carbocycles. The fourth-order valence-corrected chi connectivity index (χ4v) is 1.56. The average molecular weight is 207 g/mol. The van der Waals surface area contributed by atoms with E-state index in [2.05, 4.69) is 24.0 Å². The van der Waals surface area contributed by atoms with Crippen molar-refractivity contribution in [2.45, 2.75) is 12.8 Å². The quantitative estimate of drug-likeness (QED) is 0.691. The predicted molar refractivity (Wildman–Crippen MR) is 57.9 cm³/mol. The summed E-state index contributed by atoms with van der Waals surface area (Å²) in [6, 6.07) is 8.19. The number of hydrogen-bond donors (Lipinski definition) is 0. The zero-order valence-electron chi connectivity index (χ0n) is 7.94. The first-order chi connectivity index (χ1) is 6.81. The van der Waals surface area contributed by atoms with Crippen LogP contribution in [0.3, 0.4) is 0 Å². The number of hydrogen-bond acceptors (Lipinski definition) is 1. The van der Waals surface area contributed by atoms with Gasteiger partial charge in [0.05, 0.1) is 17.9 Å². The average Bonchev–Trinajstić information content (AvgIpc) is 2.67. The van der Waals surface area contributed by atoms with Crippen LogP contribution < -0.4 is 0 Å².